The molecular weight excluding hydrogens is 216 g/mol. The highest BCUT2D eigenvalue weighted by molar-refractivity contribution is 5.97. The predicted molar refractivity (Wildman–Crippen MR) is 64.0 cm³/mol. The molecule has 0 aromatic rings. The van der Waals surface area contributed by atoms with Crippen molar-refractivity contribution in [3.05, 3.63) is 0 Å². The molecule has 4 nitrogen and oxygen atoms in total. The van der Waals surface area contributed by atoms with Crippen molar-refractivity contribution in [2.45, 2.75) is 51.2 Å². The monoisotopic (exact) mass is 234 g/mol. The van der Waals surface area contributed by atoms with Crippen LogP contribution in [0.2, 0.25) is 0 Å². The van der Waals surface area contributed by atoms with Crippen LogP contribution in [0, 0.1) is 12.3 Å². The topological polar surface area (TPSA) is 40.6 Å². The maximum absolute atomic E-state index is 12.4. The van der Waals surface area contributed by atoms with Crippen molar-refractivity contribution in [3.8, 4) is 12.3 Å². The molecule has 2 fully saturated rings. The van der Waals surface area contributed by atoms with Crippen LogP contribution in [0.25, 0.3) is 0 Å². The van der Waals surface area contributed by atoms with Gasteiger partial charge in [0.2, 0.25) is 11.8 Å². The Morgan fingerprint density at radius 3 is 2.76 bits per heavy atom. The second-order valence-corrected chi connectivity index (χ2v) is 4.70. The van der Waals surface area contributed by atoms with E-state index in [2.05, 4.69) is 5.92 Å². The van der Waals surface area contributed by atoms with Gasteiger partial charge in [0, 0.05) is 6.54 Å². The van der Waals surface area contributed by atoms with Crippen molar-refractivity contribution in [2.24, 2.45) is 0 Å². The molecule has 2 aliphatic heterocycles. The molecule has 17 heavy (non-hydrogen) atoms. The molecule has 92 valence electrons. The fraction of sp³-hybridized carbons (Fsp3) is 0.692. The van der Waals surface area contributed by atoms with E-state index in [1.54, 1.807) is 16.7 Å². The number of carbonyl (C=O) groups is 2. The molecular formula is C13H18N2O2. The third-order valence-electron chi connectivity index (χ3n) is 3.74. The van der Waals surface area contributed by atoms with E-state index in [9.17, 15) is 9.59 Å². The number of amides is 2. The Morgan fingerprint density at radius 1 is 1.47 bits per heavy atom. The number of rotatable bonds is 2. The van der Waals surface area contributed by atoms with E-state index < -0.39 is 0 Å². The molecule has 3 atom stereocenters. The first-order valence-electron chi connectivity index (χ1n) is 6.20. The lowest BCUT2D eigenvalue weighted by molar-refractivity contribution is -0.160. The summed E-state index contributed by atoms with van der Waals surface area (Å²) in [4.78, 5) is 28.0. The van der Waals surface area contributed by atoms with Crippen molar-refractivity contribution in [2.75, 3.05) is 6.54 Å². The lowest BCUT2D eigenvalue weighted by Gasteiger charge is -2.43. The Hall–Kier alpha value is -1.50. The van der Waals surface area contributed by atoms with Gasteiger partial charge in [0.1, 0.15) is 12.1 Å². The number of hydrogen-bond acceptors (Lipinski definition) is 2. The smallest absolute Gasteiger partial charge is 0.247 e. The first-order chi connectivity index (χ1) is 8.11. The number of fused-ring (bicyclic) bond motifs is 1. The standard InChI is InChI=1S/C13H18N2O2/c1-4-9(3)15-10(5-2)12(16)14-8-6-7-11(14)13(15)17/h1,9-11H,5-8H2,2-3H3. The average molecular weight is 234 g/mol. The van der Waals surface area contributed by atoms with Gasteiger partial charge < -0.3 is 9.80 Å². The van der Waals surface area contributed by atoms with Crippen LogP contribution in [0.15, 0.2) is 0 Å². The van der Waals surface area contributed by atoms with Gasteiger partial charge in [0.25, 0.3) is 0 Å². The van der Waals surface area contributed by atoms with Gasteiger partial charge in [-0.1, -0.05) is 12.8 Å². The quantitative estimate of drug-likeness (QED) is 0.657. The maximum Gasteiger partial charge on any atom is 0.247 e. The van der Waals surface area contributed by atoms with Gasteiger partial charge in [0.15, 0.2) is 0 Å². The van der Waals surface area contributed by atoms with Crippen LogP contribution in [-0.4, -0.2) is 46.3 Å². The number of piperazine rings is 1. The van der Waals surface area contributed by atoms with E-state index in [0.717, 1.165) is 12.8 Å². The zero-order chi connectivity index (χ0) is 12.6. The zero-order valence-electron chi connectivity index (χ0n) is 10.3. The molecule has 0 radical (unpaired) electrons. The number of terminal acetylenes is 1. The minimum Gasteiger partial charge on any atom is -0.329 e. The Kier molecular flexibility index (Phi) is 3.10. The second kappa shape index (κ2) is 4.40. The van der Waals surface area contributed by atoms with Crippen molar-refractivity contribution in [3.63, 3.8) is 0 Å². The lowest BCUT2D eigenvalue weighted by atomic mass is 10.0. The van der Waals surface area contributed by atoms with Gasteiger partial charge in [-0.2, -0.15) is 0 Å². The Labute approximate surface area is 102 Å². The summed E-state index contributed by atoms with van der Waals surface area (Å²) >= 11 is 0. The maximum atomic E-state index is 12.4. The molecule has 0 aromatic heterocycles. The number of nitrogens with zero attached hydrogens (tertiary/aromatic N) is 2. The first-order valence-corrected chi connectivity index (χ1v) is 6.20. The molecule has 4 heteroatoms. The fourth-order valence-corrected chi connectivity index (χ4v) is 2.84. The lowest BCUT2D eigenvalue weighted by Crippen LogP contribution is -2.64. The summed E-state index contributed by atoms with van der Waals surface area (Å²) < 4.78 is 0. The summed E-state index contributed by atoms with van der Waals surface area (Å²) in [5, 5.41) is 0. The first kappa shape index (κ1) is 12.0. The van der Waals surface area contributed by atoms with Gasteiger partial charge >= 0.3 is 0 Å². The van der Waals surface area contributed by atoms with E-state index in [0.29, 0.717) is 13.0 Å². The molecule has 2 rings (SSSR count). The molecule has 2 heterocycles. The van der Waals surface area contributed by atoms with Crippen molar-refractivity contribution in [1.29, 1.82) is 0 Å². The third-order valence-corrected chi connectivity index (χ3v) is 3.74. The molecule has 0 aromatic carbocycles. The minimum atomic E-state index is -0.372. The highest BCUT2D eigenvalue weighted by Gasteiger charge is 2.48. The van der Waals surface area contributed by atoms with Gasteiger partial charge in [-0.25, -0.2) is 0 Å². The van der Waals surface area contributed by atoms with Crippen LogP contribution in [0.3, 0.4) is 0 Å². The summed E-state index contributed by atoms with van der Waals surface area (Å²) in [6.45, 7) is 4.44. The molecule has 2 amide bonds. The summed E-state index contributed by atoms with van der Waals surface area (Å²) in [5.41, 5.74) is 0. The van der Waals surface area contributed by atoms with Crippen molar-refractivity contribution < 1.29 is 9.59 Å². The number of carbonyl (C=O) groups excluding carboxylic acids is 2. The molecule has 0 aliphatic carbocycles. The Balaban J connectivity index is 2.34. The Morgan fingerprint density at radius 2 is 2.18 bits per heavy atom. The summed E-state index contributed by atoms with van der Waals surface area (Å²) in [6, 6.07) is -0.942. The third kappa shape index (κ3) is 1.70. The van der Waals surface area contributed by atoms with Crippen LogP contribution >= 0.6 is 0 Å². The molecule has 0 bridgehead atoms. The van der Waals surface area contributed by atoms with Crippen LogP contribution < -0.4 is 0 Å². The minimum absolute atomic E-state index is 0.0272. The van der Waals surface area contributed by atoms with Gasteiger partial charge in [-0.05, 0) is 26.2 Å². The van der Waals surface area contributed by atoms with Crippen LogP contribution in [0.5, 0.6) is 0 Å². The molecule has 0 saturated carbocycles. The average Bonchev–Trinajstić information content (AvgIpc) is 2.82. The van der Waals surface area contributed by atoms with Crippen molar-refractivity contribution in [1.82, 2.24) is 9.80 Å². The summed E-state index contributed by atoms with van der Waals surface area (Å²) in [5.74, 6) is 2.66. The van der Waals surface area contributed by atoms with Crippen LogP contribution in [0.1, 0.15) is 33.1 Å². The van der Waals surface area contributed by atoms with E-state index in [-0.39, 0.29) is 29.9 Å². The summed E-state index contributed by atoms with van der Waals surface area (Å²) in [7, 11) is 0. The normalized spacial score (nSPS) is 30.2. The summed E-state index contributed by atoms with van der Waals surface area (Å²) in [6.07, 6.45) is 7.71. The molecule has 2 aliphatic rings. The number of hydrogen-bond donors (Lipinski definition) is 0. The van der Waals surface area contributed by atoms with Crippen LogP contribution in [0.4, 0.5) is 0 Å². The highest BCUT2D eigenvalue weighted by Crippen LogP contribution is 2.29. The van der Waals surface area contributed by atoms with Gasteiger partial charge in [0.05, 0.1) is 6.04 Å². The van der Waals surface area contributed by atoms with Gasteiger partial charge in [-0.3, -0.25) is 9.59 Å². The van der Waals surface area contributed by atoms with Gasteiger partial charge in [-0.15, -0.1) is 6.42 Å². The largest absolute Gasteiger partial charge is 0.329 e. The van der Waals surface area contributed by atoms with E-state index >= 15 is 0 Å². The SMILES string of the molecule is C#CC(C)N1C(=O)C2CCCN2C(=O)C1CC. The van der Waals surface area contributed by atoms with Crippen molar-refractivity contribution >= 4 is 11.8 Å². The van der Waals surface area contributed by atoms with Crippen LogP contribution in [-0.2, 0) is 9.59 Å². The second-order valence-electron chi connectivity index (χ2n) is 4.70. The van der Waals surface area contributed by atoms with E-state index in [4.69, 9.17) is 6.42 Å². The zero-order valence-corrected chi connectivity index (χ0v) is 10.3. The predicted octanol–water partition coefficient (Wildman–Crippen LogP) is 0.620. The highest BCUT2D eigenvalue weighted by atomic mass is 16.2. The molecule has 0 N–H and O–H groups in total. The van der Waals surface area contributed by atoms with E-state index in [1.807, 2.05) is 6.92 Å². The molecule has 2 saturated heterocycles. The Bertz CT molecular complexity index is 385. The molecule has 3 unspecified atom stereocenters. The fourth-order valence-electron chi connectivity index (χ4n) is 2.84. The van der Waals surface area contributed by atoms with E-state index in [1.165, 1.54) is 0 Å². The molecule has 0 spiro atoms.